The summed E-state index contributed by atoms with van der Waals surface area (Å²) in [7, 11) is 0. The van der Waals surface area contributed by atoms with Crippen LogP contribution in [-0.4, -0.2) is 71.4 Å². The molecule has 0 radical (unpaired) electrons. The van der Waals surface area contributed by atoms with E-state index in [4.69, 9.17) is 32.8 Å². The van der Waals surface area contributed by atoms with Crippen molar-refractivity contribution in [3.63, 3.8) is 0 Å². The maximum atomic E-state index is 14.0. The predicted octanol–water partition coefficient (Wildman–Crippen LogP) is 7.51. The van der Waals surface area contributed by atoms with Gasteiger partial charge >= 0.3 is 23.9 Å². The molecule has 63 heavy (non-hydrogen) atoms. The number of esters is 4. The predicted molar refractivity (Wildman–Crippen MR) is 224 cm³/mol. The van der Waals surface area contributed by atoms with Crippen LogP contribution in [0.15, 0.2) is 173 Å². The van der Waals surface area contributed by atoms with Crippen LogP contribution < -0.4 is 10.2 Å². The van der Waals surface area contributed by atoms with Crippen molar-refractivity contribution in [2.75, 3.05) is 6.61 Å². The van der Waals surface area contributed by atoms with E-state index >= 15 is 0 Å². The van der Waals surface area contributed by atoms with E-state index in [2.05, 4.69) is 0 Å². The molecule has 1 saturated heterocycles. The lowest BCUT2D eigenvalue weighted by atomic mass is 9.97. The first-order valence-corrected chi connectivity index (χ1v) is 19.5. The van der Waals surface area contributed by atoms with Gasteiger partial charge in [-0.05, 0) is 78.4 Å². The fraction of sp³-hybridized carbons (Fsp3) is 0.122. The molecule has 1 fully saturated rings. The van der Waals surface area contributed by atoms with Crippen LogP contribution in [0.4, 0.5) is 0 Å². The zero-order chi connectivity index (χ0) is 43.9. The molecule has 2 N–H and O–H groups in total. The van der Waals surface area contributed by atoms with E-state index in [-0.39, 0.29) is 50.3 Å². The fourth-order valence-electron chi connectivity index (χ4n) is 6.85. The largest absolute Gasteiger partial charge is 0.508 e. The summed E-state index contributed by atoms with van der Waals surface area (Å²) in [5.74, 6) is -4.48. The molecule has 0 spiro atoms. The molecule has 0 unspecified atom stereocenters. The number of carbonyl (C=O) groups excluding carboxylic acids is 4. The number of aromatic hydroxyl groups is 2. The van der Waals surface area contributed by atoms with E-state index in [0.717, 1.165) is 6.26 Å². The number of ether oxygens (including phenoxy) is 6. The molecule has 14 heteroatoms. The van der Waals surface area contributed by atoms with Crippen molar-refractivity contribution in [1.29, 1.82) is 0 Å². The van der Waals surface area contributed by atoms with Crippen LogP contribution in [0.2, 0.25) is 0 Å². The van der Waals surface area contributed by atoms with Crippen LogP contribution in [0, 0.1) is 0 Å². The SMILES string of the molecule is O=C(OC[C@H]1O[C@H](Oc2ccc3c(=O)c(-c4ccc(O)cc4)coc3c2O)[C@@H](OC(=O)c2ccccc2)[C@@H](OC(=O)c2ccccc2)[C@@H]1OC(=O)c1ccccc1)c1ccccc1. The molecular weight excluding hydrogens is 813 g/mol. The van der Waals surface area contributed by atoms with Gasteiger partial charge in [-0.3, -0.25) is 4.79 Å². The number of benzene rings is 6. The second-order valence-electron chi connectivity index (χ2n) is 14.1. The molecule has 0 aliphatic carbocycles. The van der Waals surface area contributed by atoms with E-state index in [9.17, 15) is 34.2 Å². The monoisotopic (exact) mass is 848 g/mol. The van der Waals surface area contributed by atoms with E-state index in [1.807, 2.05) is 0 Å². The van der Waals surface area contributed by atoms with Crippen LogP contribution in [0.3, 0.4) is 0 Å². The number of phenols is 2. The molecule has 1 aromatic heterocycles. The molecule has 0 amide bonds. The van der Waals surface area contributed by atoms with Gasteiger partial charge in [0.15, 0.2) is 23.5 Å². The topological polar surface area (TPSA) is 194 Å². The Labute approximate surface area is 358 Å². The van der Waals surface area contributed by atoms with Crippen LogP contribution in [0.5, 0.6) is 17.2 Å². The first-order chi connectivity index (χ1) is 30.6. The summed E-state index contributed by atoms with van der Waals surface area (Å²) < 4.78 is 42.3. The Hall–Kier alpha value is -8.23. The van der Waals surface area contributed by atoms with E-state index in [0.29, 0.717) is 5.56 Å². The molecule has 316 valence electrons. The summed E-state index contributed by atoms with van der Waals surface area (Å²) in [6.45, 7) is -0.613. The number of carbonyl (C=O) groups is 4. The molecule has 5 atom stereocenters. The molecule has 14 nitrogen and oxygen atoms in total. The molecular formula is C49H36O14. The van der Waals surface area contributed by atoms with Gasteiger partial charge in [0.25, 0.3) is 0 Å². The zero-order valence-electron chi connectivity index (χ0n) is 33.0. The zero-order valence-corrected chi connectivity index (χ0v) is 33.0. The third-order valence-electron chi connectivity index (χ3n) is 10.0. The van der Waals surface area contributed by atoms with Gasteiger partial charge < -0.3 is 43.1 Å². The van der Waals surface area contributed by atoms with Crippen molar-refractivity contribution in [3.05, 3.63) is 196 Å². The second-order valence-corrected chi connectivity index (χ2v) is 14.1. The normalized spacial score (nSPS) is 18.1. The van der Waals surface area contributed by atoms with Crippen molar-refractivity contribution < 1.29 is 62.2 Å². The van der Waals surface area contributed by atoms with Crippen molar-refractivity contribution >= 4 is 34.8 Å². The Morgan fingerprint density at radius 3 is 1.54 bits per heavy atom. The van der Waals surface area contributed by atoms with Crippen LogP contribution in [0.1, 0.15) is 41.4 Å². The van der Waals surface area contributed by atoms with Gasteiger partial charge in [-0.15, -0.1) is 0 Å². The highest BCUT2D eigenvalue weighted by Crippen LogP contribution is 2.39. The van der Waals surface area contributed by atoms with Crippen LogP contribution >= 0.6 is 0 Å². The Balaban J connectivity index is 1.22. The first kappa shape index (κ1) is 41.5. The minimum absolute atomic E-state index is 0.00427. The number of fused-ring (bicyclic) bond motifs is 1. The minimum Gasteiger partial charge on any atom is -0.508 e. The van der Waals surface area contributed by atoms with Gasteiger partial charge in [-0.25, -0.2) is 19.2 Å². The number of hydrogen-bond donors (Lipinski definition) is 2. The highest BCUT2D eigenvalue weighted by atomic mass is 16.7. The maximum absolute atomic E-state index is 14.0. The Morgan fingerprint density at radius 1 is 0.540 bits per heavy atom. The molecule has 8 rings (SSSR count). The highest BCUT2D eigenvalue weighted by Gasteiger charge is 2.54. The summed E-state index contributed by atoms with van der Waals surface area (Å²) in [5, 5.41) is 21.3. The summed E-state index contributed by atoms with van der Waals surface area (Å²) in [6, 6.07) is 40.1. The molecule has 1 aliphatic heterocycles. The van der Waals surface area contributed by atoms with E-state index in [1.165, 1.54) is 84.9 Å². The number of hydrogen-bond acceptors (Lipinski definition) is 14. The fourth-order valence-corrected chi connectivity index (χ4v) is 6.85. The van der Waals surface area contributed by atoms with Crippen molar-refractivity contribution in [2.24, 2.45) is 0 Å². The minimum atomic E-state index is -1.80. The standard InChI is InChI=1S/C49H36O14/c50-34-23-21-29(22-24-34)36-27-57-41-35(39(36)51)25-26-37(40(41)52)59-49-44(63-48(56)33-19-11-4-12-20-33)43(62-47(55)32-17-9-3-10-18-32)42(61-46(54)31-15-7-2-8-16-31)38(60-49)28-58-45(53)30-13-5-1-6-14-30/h1-27,38,42-44,49-50,52H,28H2/t38-,42-,43+,44+,49+/m1/s1. The lowest BCUT2D eigenvalue weighted by molar-refractivity contribution is -0.275. The molecule has 1 aliphatic rings. The number of rotatable bonds is 12. The van der Waals surface area contributed by atoms with Crippen molar-refractivity contribution in [3.8, 4) is 28.4 Å². The van der Waals surface area contributed by atoms with E-state index in [1.54, 1.807) is 72.8 Å². The third kappa shape index (κ3) is 9.26. The molecule has 7 aromatic rings. The summed E-state index contributed by atoms with van der Waals surface area (Å²) in [6.07, 6.45) is -7.27. The van der Waals surface area contributed by atoms with Crippen LogP contribution in [-0.2, 0) is 23.7 Å². The molecule has 6 aromatic carbocycles. The van der Waals surface area contributed by atoms with Crippen LogP contribution in [0.25, 0.3) is 22.1 Å². The molecule has 2 heterocycles. The van der Waals surface area contributed by atoms with E-state index < -0.39 is 72.4 Å². The lowest BCUT2D eigenvalue weighted by Gasteiger charge is -2.44. The van der Waals surface area contributed by atoms with Crippen molar-refractivity contribution in [1.82, 2.24) is 0 Å². The quantitative estimate of drug-likeness (QED) is 0.0906. The Morgan fingerprint density at radius 2 is 1.02 bits per heavy atom. The highest BCUT2D eigenvalue weighted by molar-refractivity contribution is 5.92. The second kappa shape index (κ2) is 18.6. The average Bonchev–Trinajstić information content (AvgIpc) is 3.32. The van der Waals surface area contributed by atoms with Gasteiger partial charge in [0, 0.05) is 0 Å². The van der Waals surface area contributed by atoms with Crippen molar-refractivity contribution in [2.45, 2.75) is 30.7 Å². The third-order valence-corrected chi connectivity index (χ3v) is 10.0. The first-order valence-electron chi connectivity index (χ1n) is 19.5. The molecule has 0 saturated carbocycles. The Bertz CT molecular complexity index is 2790. The van der Waals surface area contributed by atoms with Gasteiger partial charge in [0.2, 0.25) is 23.6 Å². The number of phenolic OH excluding ortho intramolecular Hbond substituents is 2. The lowest BCUT2D eigenvalue weighted by Crippen LogP contribution is -2.63. The van der Waals surface area contributed by atoms with Gasteiger partial charge in [-0.2, -0.15) is 0 Å². The average molecular weight is 849 g/mol. The van der Waals surface area contributed by atoms with Gasteiger partial charge in [0.05, 0.1) is 33.2 Å². The van der Waals surface area contributed by atoms with Gasteiger partial charge in [0.1, 0.15) is 24.7 Å². The molecule has 0 bridgehead atoms. The summed E-state index contributed by atoms with van der Waals surface area (Å²) in [5.41, 5.74) is 0.275. The summed E-state index contributed by atoms with van der Waals surface area (Å²) in [4.78, 5) is 68.6. The van der Waals surface area contributed by atoms with Gasteiger partial charge in [-0.1, -0.05) is 84.9 Å². The Kier molecular flexibility index (Phi) is 12.2. The smallest absolute Gasteiger partial charge is 0.338 e. The summed E-state index contributed by atoms with van der Waals surface area (Å²) >= 11 is 0. The maximum Gasteiger partial charge on any atom is 0.338 e.